The van der Waals surface area contributed by atoms with Gasteiger partial charge in [0.2, 0.25) is 5.91 Å². The molecule has 0 aromatic heterocycles. The van der Waals surface area contributed by atoms with Crippen LogP contribution in [0.4, 0.5) is 0 Å². The summed E-state index contributed by atoms with van der Waals surface area (Å²) in [6.07, 6.45) is 0.0768. The van der Waals surface area contributed by atoms with Gasteiger partial charge in [-0.05, 0) is 17.7 Å². The standard InChI is InChI=1S/C12H13NO4/c14-10-3-1-8(2-4-10)6-13-7-9(12(16)17)5-11(13)15/h1-4,9,14H,5-7H2,(H,16,17). The number of phenolic OH excluding ortho intramolecular Hbond substituents is 1. The van der Waals surface area contributed by atoms with Gasteiger partial charge in [-0.25, -0.2) is 0 Å². The summed E-state index contributed by atoms with van der Waals surface area (Å²) in [4.78, 5) is 23.9. The highest BCUT2D eigenvalue weighted by atomic mass is 16.4. The lowest BCUT2D eigenvalue weighted by Gasteiger charge is -2.15. The van der Waals surface area contributed by atoms with E-state index in [9.17, 15) is 9.59 Å². The minimum absolute atomic E-state index is 0.0768. The van der Waals surface area contributed by atoms with Crippen molar-refractivity contribution in [1.29, 1.82) is 0 Å². The van der Waals surface area contributed by atoms with Crippen molar-refractivity contribution in [3.8, 4) is 5.75 Å². The number of phenols is 1. The summed E-state index contributed by atoms with van der Waals surface area (Å²) in [5.74, 6) is -1.48. The molecule has 2 rings (SSSR count). The average Bonchev–Trinajstić information content (AvgIpc) is 2.64. The summed E-state index contributed by atoms with van der Waals surface area (Å²) in [6, 6.07) is 6.53. The van der Waals surface area contributed by atoms with Crippen LogP contribution in [0.5, 0.6) is 5.75 Å². The number of carboxylic acid groups (broad SMARTS) is 1. The number of nitrogens with zero attached hydrogens (tertiary/aromatic N) is 1. The van der Waals surface area contributed by atoms with Crippen LogP contribution in [0.15, 0.2) is 24.3 Å². The Kier molecular flexibility index (Phi) is 2.99. The number of aliphatic carboxylic acids is 1. The van der Waals surface area contributed by atoms with Crippen LogP contribution in [0.3, 0.4) is 0 Å². The third-order valence-electron chi connectivity index (χ3n) is 2.87. The number of carbonyl (C=O) groups is 2. The molecule has 1 unspecified atom stereocenters. The Morgan fingerprint density at radius 2 is 2.00 bits per heavy atom. The summed E-state index contributed by atoms with van der Waals surface area (Å²) in [6.45, 7) is 0.651. The Morgan fingerprint density at radius 1 is 1.35 bits per heavy atom. The zero-order valence-corrected chi connectivity index (χ0v) is 9.17. The Hall–Kier alpha value is -2.04. The van der Waals surface area contributed by atoms with Crippen LogP contribution in [-0.2, 0) is 16.1 Å². The first kappa shape index (κ1) is 11.4. The summed E-state index contributed by atoms with van der Waals surface area (Å²) >= 11 is 0. The molecule has 0 bridgehead atoms. The number of likely N-dealkylation sites (tertiary alicyclic amines) is 1. The van der Waals surface area contributed by atoms with Crippen molar-refractivity contribution < 1.29 is 19.8 Å². The Labute approximate surface area is 98.3 Å². The normalized spacial score (nSPS) is 19.6. The number of benzene rings is 1. The maximum absolute atomic E-state index is 11.6. The number of hydrogen-bond acceptors (Lipinski definition) is 3. The van der Waals surface area contributed by atoms with Gasteiger partial charge in [0, 0.05) is 19.5 Å². The van der Waals surface area contributed by atoms with Crippen LogP contribution in [-0.4, -0.2) is 33.5 Å². The van der Waals surface area contributed by atoms with Gasteiger partial charge in [0.15, 0.2) is 0 Å². The van der Waals surface area contributed by atoms with Crippen LogP contribution >= 0.6 is 0 Å². The molecule has 17 heavy (non-hydrogen) atoms. The van der Waals surface area contributed by atoms with Crippen molar-refractivity contribution in [1.82, 2.24) is 4.90 Å². The topological polar surface area (TPSA) is 77.8 Å². The minimum atomic E-state index is -0.924. The first-order valence-electron chi connectivity index (χ1n) is 5.35. The van der Waals surface area contributed by atoms with E-state index in [1.165, 1.54) is 4.90 Å². The van der Waals surface area contributed by atoms with Crippen molar-refractivity contribution in [3.63, 3.8) is 0 Å². The number of rotatable bonds is 3. The van der Waals surface area contributed by atoms with E-state index in [0.29, 0.717) is 6.54 Å². The highest BCUT2D eigenvalue weighted by Gasteiger charge is 2.33. The fourth-order valence-electron chi connectivity index (χ4n) is 1.91. The Bertz CT molecular complexity index is 440. The molecule has 90 valence electrons. The monoisotopic (exact) mass is 235 g/mol. The summed E-state index contributed by atoms with van der Waals surface area (Å²) in [7, 11) is 0. The molecule has 0 radical (unpaired) electrons. The highest BCUT2D eigenvalue weighted by molar-refractivity contribution is 5.86. The van der Waals surface area contributed by atoms with Crippen molar-refractivity contribution in [2.24, 2.45) is 5.92 Å². The van der Waals surface area contributed by atoms with E-state index in [2.05, 4.69) is 0 Å². The van der Waals surface area contributed by atoms with E-state index < -0.39 is 11.9 Å². The van der Waals surface area contributed by atoms with E-state index >= 15 is 0 Å². The van der Waals surface area contributed by atoms with Gasteiger partial charge in [0.25, 0.3) is 0 Å². The highest BCUT2D eigenvalue weighted by Crippen LogP contribution is 2.21. The van der Waals surface area contributed by atoms with Gasteiger partial charge in [0.1, 0.15) is 5.75 Å². The Balaban J connectivity index is 2.02. The number of carboxylic acids is 1. The second-order valence-electron chi connectivity index (χ2n) is 4.18. The smallest absolute Gasteiger partial charge is 0.308 e. The van der Waals surface area contributed by atoms with Crippen molar-refractivity contribution in [2.75, 3.05) is 6.54 Å². The molecule has 0 spiro atoms. The van der Waals surface area contributed by atoms with E-state index in [0.717, 1.165) is 5.56 Å². The number of amides is 1. The van der Waals surface area contributed by atoms with E-state index in [4.69, 9.17) is 10.2 Å². The second kappa shape index (κ2) is 4.45. The molecule has 1 atom stereocenters. The maximum Gasteiger partial charge on any atom is 0.308 e. The van der Waals surface area contributed by atoms with Crippen LogP contribution in [0.25, 0.3) is 0 Å². The van der Waals surface area contributed by atoms with E-state index in [1.54, 1.807) is 24.3 Å². The van der Waals surface area contributed by atoms with Gasteiger partial charge < -0.3 is 15.1 Å². The van der Waals surface area contributed by atoms with Crippen molar-refractivity contribution in [3.05, 3.63) is 29.8 Å². The molecular weight excluding hydrogens is 222 g/mol. The molecule has 1 saturated heterocycles. The van der Waals surface area contributed by atoms with Crippen LogP contribution in [0.1, 0.15) is 12.0 Å². The molecule has 1 heterocycles. The first-order chi connectivity index (χ1) is 8.06. The molecule has 5 nitrogen and oxygen atoms in total. The molecule has 1 aliphatic rings. The first-order valence-corrected chi connectivity index (χ1v) is 5.35. The van der Waals surface area contributed by atoms with Crippen molar-refractivity contribution >= 4 is 11.9 Å². The predicted octanol–water partition coefficient (Wildman–Crippen LogP) is 0.825. The fraction of sp³-hybridized carbons (Fsp3) is 0.333. The van der Waals surface area contributed by atoms with Gasteiger partial charge in [-0.1, -0.05) is 12.1 Å². The van der Waals surface area contributed by atoms with Gasteiger partial charge in [-0.3, -0.25) is 9.59 Å². The summed E-state index contributed by atoms with van der Waals surface area (Å²) in [5.41, 5.74) is 0.877. The van der Waals surface area contributed by atoms with Crippen LogP contribution < -0.4 is 0 Å². The average molecular weight is 235 g/mol. The zero-order chi connectivity index (χ0) is 12.4. The number of hydrogen-bond donors (Lipinski definition) is 2. The third-order valence-corrected chi connectivity index (χ3v) is 2.87. The molecule has 1 aromatic rings. The second-order valence-corrected chi connectivity index (χ2v) is 4.18. The summed E-state index contributed by atoms with van der Waals surface area (Å²) < 4.78 is 0. The molecule has 0 saturated carbocycles. The van der Waals surface area contributed by atoms with E-state index in [-0.39, 0.29) is 24.6 Å². The van der Waals surface area contributed by atoms with Crippen LogP contribution in [0, 0.1) is 5.92 Å². The fourth-order valence-corrected chi connectivity index (χ4v) is 1.91. The molecule has 0 aliphatic carbocycles. The van der Waals surface area contributed by atoms with Gasteiger partial charge in [-0.15, -0.1) is 0 Å². The van der Waals surface area contributed by atoms with Gasteiger partial charge in [0.05, 0.1) is 5.92 Å². The molecule has 1 aliphatic heterocycles. The summed E-state index contributed by atoms with van der Waals surface area (Å²) in [5, 5.41) is 18.0. The Morgan fingerprint density at radius 3 is 2.53 bits per heavy atom. The molecular formula is C12H13NO4. The zero-order valence-electron chi connectivity index (χ0n) is 9.17. The molecule has 1 aromatic carbocycles. The van der Waals surface area contributed by atoms with Crippen LogP contribution in [0.2, 0.25) is 0 Å². The quantitative estimate of drug-likeness (QED) is 0.813. The van der Waals surface area contributed by atoms with Crippen molar-refractivity contribution in [2.45, 2.75) is 13.0 Å². The molecule has 1 amide bonds. The lowest BCUT2D eigenvalue weighted by atomic mass is 10.1. The predicted molar refractivity (Wildman–Crippen MR) is 59.3 cm³/mol. The third kappa shape index (κ3) is 2.55. The lowest BCUT2D eigenvalue weighted by Crippen LogP contribution is -2.25. The van der Waals surface area contributed by atoms with E-state index in [1.807, 2.05) is 0 Å². The number of carbonyl (C=O) groups excluding carboxylic acids is 1. The maximum atomic E-state index is 11.6. The minimum Gasteiger partial charge on any atom is -0.508 e. The van der Waals surface area contributed by atoms with Gasteiger partial charge in [-0.2, -0.15) is 0 Å². The lowest BCUT2D eigenvalue weighted by molar-refractivity contribution is -0.141. The largest absolute Gasteiger partial charge is 0.508 e. The number of aromatic hydroxyl groups is 1. The molecule has 5 heteroatoms. The van der Waals surface area contributed by atoms with Gasteiger partial charge >= 0.3 is 5.97 Å². The SMILES string of the molecule is O=C(O)C1CC(=O)N(Cc2ccc(O)cc2)C1. The molecule has 2 N–H and O–H groups in total. The molecule has 1 fully saturated rings.